The first kappa shape index (κ1) is 16.1. The van der Waals surface area contributed by atoms with Crippen LogP contribution in [0.15, 0.2) is 58.4 Å². The van der Waals surface area contributed by atoms with Crippen molar-refractivity contribution in [2.24, 2.45) is 0 Å². The Morgan fingerprint density at radius 1 is 1.29 bits per heavy atom. The summed E-state index contributed by atoms with van der Waals surface area (Å²) in [7, 11) is 0. The van der Waals surface area contributed by atoms with Gasteiger partial charge in [-0.2, -0.15) is 11.3 Å². The molecule has 6 heteroatoms. The lowest BCUT2D eigenvalue weighted by molar-refractivity contribution is 0.0948. The van der Waals surface area contributed by atoms with Crippen LogP contribution in [0.2, 0.25) is 0 Å². The molecule has 3 aromatic rings. The lowest BCUT2D eigenvalue weighted by Gasteiger charge is -2.11. The number of amides is 1. The SMILES string of the molecule is Cc1ccn(Cc2cccnc2)c(=O)c1C(=O)NCc1ccsc1. The number of nitrogens with one attached hydrogen (secondary N) is 1. The van der Waals surface area contributed by atoms with Gasteiger partial charge in [-0.05, 0) is 52.6 Å². The Morgan fingerprint density at radius 2 is 2.17 bits per heavy atom. The van der Waals surface area contributed by atoms with Gasteiger partial charge < -0.3 is 9.88 Å². The van der Waals surface area contributed by atoms with Crippen LogP contribution in [0.3, 0.4) is 0 Å². The third-order valence-corrected chi connectivity index (χ3v) is 4.44. The second-order valence-corrected chi connectivity index (χ2v) is 6.26. The first-order valence-electron chi connectivity index (χ1n) is 7.53. The number of carbonyl (C=O) groups is 1. The average molecular weight is 339 g/mol. The summed E-state index contributed by atoms with van der Waals surface area (Å²) in [5.41, 5.74) is 2.51. The van der Waals surface area contributed by atoms with Crippen molar-refractivity contribution in [2.75, 3.05) is 0 Å². The van der Waals surface area contributed by atoms with Crippen molar-refractivity contribution >= 4 is 17.2 Å². The summed E-state index contributed by atoms with van der Waals surface area (Å²) in [6.07, 6.45) is 5.10. The van der Waals surface area contributed by atoms with Crippen molar-refractivity contribution in [3.8, 4) is 0 Å². The van der Waals surface area contributed by atoms with Crippen LogP contribution in [-0.2, 0) is 13.1 Å². The molecule has 3 aromatic heterocycles. The van der Waals surface area contributed by atoms with E-state index in [0.29, 0.717) is 18.7 Å². The van der Waals surface area contributed by atoms with Crippen molar-refractivity contribution in [1.82, 2.24) is 14.9 Å². The van der Waals surface area contributed by atoms with Crippen LogP contribution in [0.5, 0.6) is 0 Å². The predicted octanol–water partition coefficient (Wildman–Crippen LogP) is 2.59. The minimum atomic E-state index is -0.343. The van der Waals surface area contributed by atoms with Crippen LogP contribution in [0.25, 0.3) is 0 Å². The van der Waals surface area contributed by atoms with Gasteiger partial charge >= 0.3 is 0 Å². The molecule has 0 aromatic carbocycles. The molecule has 1 amide bonds. The van der Waals surface area contributed by atoms with Crippen LogP contribution in [0.1, 0.15) is 27.0 Å². The van der Waals surface area contributed by atoms with E-state index in [-0.39, 0.29) is 17.0 Å². The van der Waals surface area contributed by atoms with Gasteiger partial charge in [0.25, 0.3) is 11.5 Å². The maximum atomic E-state index is 12.7. The Morgan fingerprint density at radius 3 is 2.88 bits per heavy atom. The molecule has 0 aliphatic heterocycles. The van der Waals surface area contributed by atoms with E-state index in [9.17, 15) is 9.59 Å². The largest absolute Gasteiger partial charge is 0.348 e. The average Bonchev–Trinajstić information content (AvgIpc) is 3.10. The van der Waals surface area contributed by atoms with Crippen molar-refractivity contribution < 1.29 is 4.79 Å². The number of nitrogens with zero attached hydrogens (tertiary/aromatic N) is 2. The first-order valence-corrected chi connectivity index (χ1v) is 8.47. The van der Waals surface area contributed by atoms with Gasteiger partial charge in [0.15, 0.2) is 0 Å². The van der Waals surface area contributed by atoms with Crippen molar-refractivity contribution in [1.29, 1.82) is 0 Å². The number of pyridine rings is 2. The zero-order valence-corrected chi connectivity index (χ0v) is 14.0. The molecule has 0 spiro atoms. The highest BCUT2D eigenvalue weighted by molar-refractivity contribution is 7.07. The lowest BCUT2D eigenvalue weighted by Crippen LogP contribution is -2.33. The Hall–Kier alpha value is -2.73. The molecule has 0 bridgehead atoms. The van der Waals surface area contributed by atoms with Gasteiger partial charge in [-0.1, -0.05) is 6.07 Å². The number of thiophene rings is 1. The second-order valence-electron chi connectivity index (χ2n) is 5.48. The third kappa shape index (κ3) is 3.60. The Balaban J connectivity index is 1.83. The molecule has 0 aliphatic rings. The molecule has 5 nitrogen and oxygen atoms in total. The van der Waals surface area contributed by atoms with Gasteiger partial charge in [-0.15, -0.1) is 0 Å². The highest BCUT2D eigenvalue weighted by Crippen LogP contribution is 2.07. The number of hydrogen-bond donors (Lipinski definition) is 1. The van der Waals surface area contributed by atoms with Crippen LogP contribution in [-0.4, -0.2) is 15.5 Å². The maximum absolute atomic E-state index is 12.7. The summed E-state index contributed by atoms with van der Waals surface area (Å²) in [6.45, 7) is 2.58. The summed E-state index contributed by atoms with van der Waals surface area (Å²) in [5.74, 6) is -0.343. The lowest BCUT2D eigenvalue weighted by atomic mass is 10.1. The molecule has 24 heavy (non-hydrogen) atoms. The molecule has 0 saturated carbocycles. The molecule has 0 saturated heterocycles. The fourth-order valence-electron chi connectivity index (χ4n) is 2.42. The van der Waals surface area contributed by atoms with Crippen LogP contribution < -0.4 is 10.9 Å². The van der Waals surface area contributed by atoms with Gasteiger partial charge in [0.2, 0.25) is 0 Å². The predicted molar refractivity (Wildman–Crippen MR) is 94.3 cm³/mol. The van der Waals surface area contributed by atoms with E-state index in [0.717, 1.165) is 11.1 Å². The van der Waals surface area contributed by atoms with Crippen LogP contribution in [0, 0.1) is 6.92 Å². The topological polar surface area (TPSA) is 64.0 Å². The summed E-state index contributed by atoms with van der Waals surface area (Å²) in [4.78, 5) is 29.2. The minimum Gasteiger partial charge on any atom is -0.348 e. The van der Waals surface area contributed by atoms with Gasteiger partial charge in [-0.25, -0.2) is 0 Å². The van der Waals surface area contributed by atoms with Gasteiger partial charge in [0.1, 0.15) is 5.56 Å². The van der Waals surface area contributed by atoms with Crippen molar-refractivity contribution in [2.45, 2.75) is 20.0 Å². The number of rotatable bonds is 5. The monoisotopic (exact) mass is 339 g/mol. The zero-order chi connectivity index (χ0) is 16.9. The summed E-state index contributed by atoms with van der Waals surface area (Å²) >= 11 is 1.57. The van der Waals surface area contributed by atoms with Gasteiger partial charge in [0.05, 0.1) is 6.54 Å². The van der Waals surface area contributed by atoms with E-state index in [2.05, 4.69) is 10.3 Å². The zero-order valence-electron chi connectivity index (χ0n) is 13.2. The molecular weight excluding hydrogens is 322 g/mol. The fraction of sp³-hybridized carbons (Fsp3) is 0.167. The number of aromatic nitrogens is 2. The van der Waals surface area contributed by atoms with Gasteiger partial charge in [-0.3, -0.25) is 14.6 Å². The van der Waals surface area contributed by atoms with Crippen LogP contribution in [0.4, 0.5) is 0 Å². The smallest absolute Gasteiger partial charge is 0.263 e. The minimum absolute atomic E-state index is 0.191. The molecule has 0 atom stereocenters. The number of carbonyl (C=O) groups excluding carboxylic acids is 1. The number of hydrogen-bond acceptors (Lipinski definition) is 4. The Bertz CT molecular complexity index is 886. The third-order valence-electron chi connectivity index (χ3n) is 3.71. The fourth-order valence-corrected chi connectivity index (χ4v) is 3.09. The van der Waals surface area contributed by atoms with Crippen molar-refractivity contribution in [3.05, 3.63) is 86.2 Å². The first-order chi connectivity index (χ1) is 11.6. The van der Waals surface area contributed by atoms with Crippen molar-refractivity contribution in [3.63, 3.8) is 0 Å². The molecule has 3 rings (SSSR count). The molecule has 122 valence electrons. The highest BCUT2D eigenvalue weighted by Gasteiger charge is 2.15. The summed E-state index contributed by atoms with van der Waals surface area (Å²) in [6, 6.07) is 7.46. The highest BCUT2D eigenvalue weighted by atomic mass is 32.1. The molecule has 1 N–H and O–H groups in total. The normalized spacial score (nSPS) is 10.5. The standard InChI is InChI=1S/C18H17N3O2S/c1-13-4-7-21(11-14-3-2-6-19-9-14)18(23)16(13)17(22)20-10-15-5-8-24-12-15/h2-9,12H,10-11H2,1H3,(H,20,22). The molecular formula is C18H17N3O2S. The van der Waals surface area contributed by atoms with E-state index >= 15 is 0 Å². The Labute approximate surface area is 143 Å². The molecule has 0 radical (unpaired) electrons. The van der Waals surface area contributed by atoms with E-state index in [4.69, 9.17) is 0 Å². The second kappa shape index (κ2) is 7.23. The van der Waals surface area contributed by atoms with E-state index in [1.54, 1.807) is 42.9 Å². The Kier molecular flexibility index (Phi) is 4.86. The quantitative estimate of drug-likeness (QED) is 0.777. The van der Waals surface area contributed by atoms with Gasteiger partial charge in [0, 0.05) is 25.1 Å². The van der Waals surface area contributed by atoms with E-state index < -0.39 is 0 Å². The number of aryl methyl sites for hydroxylation is 1. The van der Waals surface area contributed by atoms with Crippen LogP contribution >= 0.6 is 11.3 Å². The summed E-state index contributed by atoms with van der Waals surface area (Å²) < 4.78 is 1.53. The maximum Gasteiger partial charge on any atom is 0.263 e. The molecule has 0 unspecified atom stereocenters. The molecule has 0 aliphatic carbocycles. The van der Waals surface area contributed by atoms with E-state index in [1.807, 2.05) is 29.0 Å². The molecule has 0 fully saturated rings. The molecule has 3 heterocycles. The summed E-state index contributed by atoms with van der Waals surface area (Å²) in [5, 5.41) is 6.74. The van der Waals surface area contributed by atoms with E-state index in [1.165, 1.54) is 4.57 Å².